The molecular weight excluding hydrogens is 242 g/mol. The molecule has 0 radical (unpaired) electrons. The SMILES string of the molecule is CN1C(=O)C2(C)CCC3CSC31c1ccccc12. The van der Waals surface area contributed by atoms with Crippen LogP contribution in [0.2, 0.25) is 0 Å². The maximum atomic E-state index is 12.8. The van der Waals surface area contributed by atoms with Crippen LogP contribution in [-0.2, 0) is 15.1 Å². The van der Waals surface area contributed by atoms with Crippen molar-refractivity contribution in [3.63, 3.8) is 0 Å². The number of likely N-dealkylation sites (N-methyl/N-ethyl adjacent to an activating group) is 1. The number of rotatable bonds is 0. The van der Waals surface area contributed by atoms with Gasteiger partial charge in [0, 0.05) is 18.7 Å². The fourth-order valence-corrected chi connectivity index (χ4v) is 5.72. The van der Waals surface area contributed by atoms with Crippen molar-refractivity contribution < 1.29 is 4.79 Å². The lowest BCUT2D eigenvalue weighted by molar-refractivity contribution is -0.140. The zero-order valence-electron chi connectivity index (χ0n) is 10.8. The molecule has 5 rings (SSSR count). The van der Waals surface area contributed by atoms with Crippen LogP contribution in [0.3, 0.4) is 0 Å². The van der Waals surface area contributed by atoms with Gasteiger partial charge >= 0.3 is 0 Å². The Morgan fingerprint density at radius 2 is 2.06 bits per heavy atom. The lowest BCUT2D eigenvalue weighted by Crippen LogP contribution is -2.61. The van der Waals surface area contributed by atoms with E-state index in [4.69, 9.17) is 0 Å². The Kier molecular flexibility index (Phi) is 1.90. The molecule has 0 N–H and O–H groups in total. The van der Waals surface area contributed by atoms with E-state index in [-0.39, 0.29) is 10.3 Å². The topological polar surface area (TPSA) is 20.3 Å². The number of thioether (sulfide) groups is 1. The molecule has 3 heterocycles. The van der Waals surface area contributed by atoms with Crippen LogP contribution in [0, 0.1) is 5.92 Å². The van der Waals surface area contributed by atoms with Gasteiger partial charge in [-0.15, -0.1) is 11.8 Å². The number of nitrogens with zero attached hydrogens (tertiary/aromatic N) is 1. The molecule has 3 heteroatoms. The Balaban J connectivity index is 2.08. The van der Waals surface area contributed by atoms with Crippen LogP contribution >= 0.6 is 11.8 Å². The predicted molar refractivity (Wildman–Crippen MR) is 73.4 cm³/mol. The number of hydrogen-bond acceptors (Lipinski definition) is 2. The molecule has 2 nitrogen and oxygen atoms in total. The Morgan fingerprint density at radius 3 is 2.72 bits per heavy atom. The molecule has 0 saturated carbocycles. The van der Waals surface area contributed by atoms with Crippen molar-refractivity contribution in [1.82, 2.24) is 4.90 Å². The van der Waals surface area contributed by atoms with Crippen LogP contribution < -0.4 is 0 Å². The lowest BCUT2D eigenvalue weighted by Gasteiger charge is -2.57. The predicted octanol–water partition coefficient (Wildman–Crippen LogP) is 2.73. The number of benzene rings is 1. The second-order valence-corrected chi connectivity index (χ2v) is 7.23. The van der Waals surface area contributed by atoms with Crippen molar-refractivity contribution in [2.75, 3.05) is 12.8 Å². The van der Waals surface area contributed by atoms with E-state index < -0.39 is 0 Å². The average Bonchev–Trinajstić information content (AvgIpc) is 2.45. The van der Waals surface area contributed by atoms with Crippen LogP contribution in [0.5, 0.6) is 0 Å². The van der Waals surface area contributed by atoms with Gasteiger partial charge in [-0.3, -0.25) is 4.79 Å². The van der Waals surface area contributed by atoms with Gasteiger partial charge in [0.1, 0.15) is 4.87 Å². The summed E-state index contributed by atoms with van der Waals surface area (Å²) >= 11 is 1.95. The Bertz CT molecular complexity index is 557. The summed E-state index contributed by atoms with van der Waals surface area (Å²) in [5, 5.41) is 0. The Morgan fingerprint density at radius 1 is 1.33 bits per heavy atom. The molecule has 3 aliphatic heterocycles. The van der Waals surface area contributed by atoms with Crippen molar-refractivity contribution in [2.24, 2.45) is 5.92 Å². The molecule has 94 valence electrons. The van der Waals surface area contributed by atoms with Crippen LogP contribution in [0.15, 0.2) is 24.3 Å². The van der Waals surface area contributed by atoms with E-state index in [0.29, 0.717) is 11.8 Å². The van der Waals surface area contributed by atoms with Gasteiger partial charge < -0.3 is 4.90 Å². The lowest BCUT2D eigenvalue weighted by atomic mass is 9.73. The molecule has 1 spiro atoms. The first-order chi connectivity index (χ1) is 8.60. The second kappa shape index (κ2) is 3.13. The standard InChI is InChI=1S/C15H17NOS/c1-14-8-7-10-9-18-15(10,16(2)13(14)17)12-6-4-3-5-11(12)14/h3-6,10H,7-9H2,1-2H3. The maximum Gasteiger partial charge on any atom is 0.234 e. The van der Waals surface area contributed by atoms with E-state index in [1.165, 1.54) is 23.3 Å². The van der Waals surface area contributed by atoms with E-state index in [2.05, 4.69) is 31.2 Å². The van der Waals surface area contributed by atoms with Gasteiger partial charge in [-0.1, -0.05) is 24.3 Å². The van der Waals surface area contributed by atoms with Gasteiger partial charge in [-0.25, -0.2) is 0 Å². The summed E-state index contributed by atoms with van der Waals surface area (Å²) < 4.78 is 0. The first kappa shape index (κ1) is 10.9. The summed E-state index contributed by atoms with van der Waals surface area (Å²) in [4.78, 5) is 14.8. The van der Waals surface area contributed by atoms with Crippen molar-refractivity contribution in [3.8, 4) is 0 Å². The first-order valence-electron chi connectivity index (χ1n) is 6.63. The number of hydrogen-bond donors (Lipinski definition) is 0. The highest BCUT2D eigenvalue weighted by molar-refractivity contribution is 8.01. The molecule has 1 aliphatic carbocycles. The molecule has 18 heavy (non-hydrogen) atoms. The highest BCUT2D eigenvalue weighted by Gasteiger charge is 2.63. The molecule has 2 bridgehead atoms. The molecule has 3 atom stereocenters. The minimum Gasteiger partial charge on any atom is -0.326 e. The third-order valence-electron chi connectivity index (χ3n) is 5.23. The van der Waals surface area contributed by atoms with E-state index in [1.54, 1.807) is 0 Å². The summed E-state index contributed by atoms with van der Waals surface area (Å²) in [5.41, 5.74) is 2.38. The van der Waals surface area contributed by atoms with Gasteiger partial charge in [-0.05, 0) is 30.9 Å². The molecular formula is C15H17NOS. The van der Waals surface area contributed by atoms with Gasteiger partial charge in [0.2, 0.25) is 5.91 Å². The van der Waals surface area contributed by atoms with Gasteiger partial charge in [0.25, 0.3) is 0 Å². The molecule has 1 aromatic carbocycles. The van der Waals surface area contributed by atoms with E-state index in [1.807, 2.05) is 23.7 Å². The highest BCUT2D eigenvalue weighted by atomic mass is 32.2. The van der Waals surface area contributed by atoms with Crippen LogP contribution in [0.4, 0.5) is 0 Å². The maximum absolute atomic E-state index is 12.8. The monoisotopic (exact) mass is 259 g/mol. The zero-order chi connectivity index (χ0) is 12.5. The highest BCUT2D eigenvalue weighted by Crippen LogP contribution is 2.65. The van der Waals surface area contributed by atoms with Crippen LogP contribution in [-0.4, -0.2) is 23.6 Å². The Hall–Kier alpha value is -0.960. The fourth-order valence-electron chi connectivity index (χ4n) is 4.10. The summed E-state index contributed by atoms with van der Waals surface area (Å²) in [5.74, 6) is 2.15. The summed E-state index contributed by atoms with van der Waals surface area (Å²) in [6.45, 7) is 2.13. The Labute approximate surface area is 112 Å². The van der Waals surface area contributed by atoms with Gasteiger partial charge in [-0.2, -0.15) is 0 Å². The summed E-state index contributed by atoms with van der Waals surface area (Å²) in [7, 11) is 2.00. The largest absolute Gasteiger partial charge is 0.326 e. The van der Waals surface area contributed by atoms with Crippen molar-refractivity contribution in [1.29, 1.82) is 0 Å². The molecule has 1 aromatic rings. The molecule has 4 aliphatic rings. The van der Waals surface area contributed by atoms with Crippen LogP contribution in [0.1, 0.15) is 30.9 Å². The first-order valence-corrected chi connectivity index (χ1v) is 7.61. The van der Waals surface area contributed by atoms with Crippen LogP contribution in [0.25, 0.3) is 0 Å². The number of carbonyl (C=O) groups excluding carboxylic acids is 1. The molecule has 2 saturated heterocycles. The average molecular weight is 259 g/mol. The van der Waals surface area contributed by atoms with Crippen molar-refractivity contribution in [3.05, 3.63) is 35.4 Å². The summed E-state index contributed by atoms with van der Waals surface area (Å²) in [6.07, 6.45) is 2.18. The molecule has 2 fully saturated rings. The van der Waals surface area contributed by atoms with E-state index >= 15 is 0 Å². The normalized spacial score (nSPS) is 40.9. The fraction of sp³-hybridized carbons (Fsp3) is 0.533. The quantitative estimate of drug-likeness (QED) is 0.714. The van der Waals surface area contributed by atoms with E-state index in [0.717, 1.165) is 6.42 Å². The minimum atomic E-state index is -0.297. The van der Waals surface area contributed by atoms with Gasteiger partial charge in [0.15, 0.2) is 0 Å². The van der Waals surface area contributed by atoms with Gasteiger partial charge in [0.05, 0.1) is 5.41 Å². The van der Waals surface area contributed by atoms with Crippen molar-refractivity contribution >= 4 is 17.7 Å². The van der Waals surface area contributed by atoms with E-state index in [9.17, 15) is 4.79 Å². The summed E-state index contributed by atoms with van der Waals surface area (Å²) in [6, 6.07) is 8.60. The van der Waals surface area contributed by atoms with Crippen molar-refractivity contribution in [2.45, 2.75) is 30.1 Å². The minimum absolute atomic E-state index is 0.0519. The molecule has 3 unspecified atom stereocenters. The second-order valence-electron chi connectivity index (χ2n) is 5.98. The zero-order valence-corrected chi connectivity index (χ0v) is 11.6. The number of amides is 1. The molecule has 0 aromatic heterocycles. The third kappa shape index (κ3) is 0.944. The third-order valence-corrected chi connectivity index (χ3v) is 7.07. The molecule has 1 amide bonds. The smallest absolute Gasteiger partial charge is 0.234 e. The number of fused-ring (bicyclic) bond motifs is 2. The number of carbonyl (C=O) groups is 1.